The van der Waals surface area contributed by atoms with E-state index < -0.39 is 0 Å². The zero-order valence-corrected chi connectivity index (χ0v) is 10.0. The number of nitrogen functional groups attached to an aromatic ring is 1. The molecule has 1 aromatic heterocycles. The van der Waals surface area contributed by atoms with Crippen LogP contribution >= 0.6 is 0 Å². The molecule has 0 spiro atoms. The van der Waals surface area contributed by atoms with Crippen LogP contribution in [0.4, 0.5) is 5.69 Å². The largest absolute Gasteiger partial charge is 0.397 e. The third kappa shape index (κ3) is 3.49. The fraction of sp³-hybridized carbons (Fsp3) is 0.615. The van der Waals surface area contributed by atoms with Crippen molar-refractivity contribution in [3.63, 3.8) is 0 Å². The molecule has 3 nitrogen and oxygen atoms in total. The van der Waals surface area contributed by atoms with E-state index in [-0.39, 0.29) is 0 Å². The first-order chi connectivity index (χ1) is 7.78. The maximum Gasteiger partial charge on any atom is 0.0545 e. The van der Waals surface area contributed by atoms with Gasteiger partial charge in [0.15, 0.2) is 0 Å². The van der Waals surface area contributed by atoms with E-state index >= 15 is 0 Å². The van der Waals surface area contributed by atoms with Crippen molar-refractivity contribution >= 4 is 5.69 Å². The third-order valence-electron chi connectivity index (χ3n) is 2.99. The Balaban J connectivity index is 1.90. The van der Waals surface area contributed by atoms with Crippen LogP contribution in [0.1, 0.15) is 31.9 Å². The van der Waals surface area contributed by atoms with Gasteiger partial charge in [0.05, 0.1) is 17.6 Å². The summed E-state index contributed by atoms with van der Waals surface area (Å²) in [5.41, 5.74) is 7.50. The molecular weight excluding hydrogens is 198 g/mol. The molecule has 0 amide bonds. The van der Waals surface area contributed by atoms with E-state index in [2.05, 4.69) is 16.8 Å². The van der Waals surface area contributed by atoms with Crippen molar-refractivity contribution in [1.29, 1.82) is 0 Å². The molecule has 88 valence electrons. The Labute approximate surface area is 97.7 Å². The normalized spacial score (nSPS) is 15.6. The molecule has 16 heavy (non-hydrogen) atoms. The topological polar surface area (TPSA) is 42.1 Å². The number of nitrogens with zero attached hydrogens (tertiary/aromatic N) is 2. The molecule has 2 rings (SSSR count). The molecule has 0 radical (unpaired) electrons. The van der Waals surface area contributed by atoms with Crippen LogP contribution in [0.15, 0.2) is 18.3 Å². The molecule has 0 aliphatic heterocycles. The molecular formula is C13H21N3. The second kappa shape index (κ2) is 5.30. The summed E-state index contributed by atoms with van der Waals surface area (Å²) < 4.78 is 0. The second-order valence-corrected chi connectivity index (χ2v) is 4.76. The Morgan fingerprint density at radius 1 is 1.44 bits per heavy atom. The maximum atomic E-state index is 5.63. The fourth-order valence-corrected chi connectivity index (χ4v) is 1.98. The van der Waals surface area contributed by atoms with Crippen LogP contribution in [-0.2, 0) is 6.54 Å². The van der Waals surface area contributed by atoms with Crippen LogP contribution < -0.4 is 5.73 Å². The molecule has 1 aromatic rings. The van der Waals surface area contributed by atoms with E-state index in [1.807, 2.05) is 12.1 Å². The highest BCUT2D eigenvalue weighted by atomic mass is 15.1. The number of anilines is 1. The van der Waals surface area contributed by atoms with E-state index in [4.69, 9.17) is 5.73 Å². The molecule has 1 aliphatic rings. The molecule has 1 fully saturated rings. The first kappa shape index (κ1) is 11.4. The van der Waals surface area contributed by atoms with E-state index in [1.54, 1.807) is 6.20 Å². The van der Waals surface area contributed by atoms with Crippen LogP contribution in [0.2, 0.25) is 0 Å². The molecule has 2 N–H and O–H groups in total. The third-order valence-corrected chi connectivity index (χ3v) is 2.99. The van der Waals surface area contributed by atoms with Gasteiger partial charge in [-0.2, -0.15) is 0 Å². The van der Waals surface area contributed by atoms with E-state index in [0.717, 1.165) is 23.8 Å². The number of hydrogen-bond donors (Lipinski definition) is 1. The van der Waals surface area contributed by atoms with Gasteiger partial charge in [-0.15, -0.1) is 0 Å². The molecule has 1 heterocycles. The summed E-state index contributed by atoms with van der Waals surface area (Å²) in [6, 6.07) is 3.97. The zero-order valence-electron chi connectivity index (χ0n) is 10.0. The Bertz CT molecular complexity index is 316. The van der Waals surface area contributed by atoms with Crippen molar-refractivity contribution in [3.8, 4) is 0 Å². The van der Waals surface area contributed by atoms with Crippen molar-refractivity contribution in [3.05, 3.63) is 24.0 Å². The molecule has 0 atom stereocenters. The minimum Gasteiger partial charge on any atom is -0.397 e. The summed E-state index contributed by atoms with van der Waals surface area (Å²) in [7, 11) is 0. The van der Waals surface area contributed by atoms with Crippen molar-refractivity contribution in [1.82, 2.24) is 9.88 Å². The van der Waals surface area contributed by atoms with Gasteiger partial charge in [0.1, 0.15) is 0 Å². The number of hydrogen-bond acceptors (Lipinski definition) is 3. The number of aromatic nitrogens is 1. The average molecular weight is 219 g/mol. The van der Waals surface area contributed by atoms with Gasteiger partial charge in [-0.25, -0.2) is 0 Å². The lowest BCUT2D eigenvalue weighted by atomic mass is 10.2. The van der Waals surface area contributed by atoms with E-state index in [0.29, 0.717) is 0 Å². The first-order valence-electron chi connectivity index (χ1n) is 6.20. The van der Waals surface area contributed by atoms with E-state index in [9.17, 15) is 0 Å². The Morgan fingerprint density at radius 2 is 2.25 bits per heavy atom. The standard InChI is InChI=1S/C13H21N3/c1-2-7-16(9-11-3-4-11)10-13-6-5-12(14)8-15-13/h5-6,8,11H,2-4,7,9-10,14H2,1H3. The lowest BCUT2D eigenvalue weighted by Gasteiger charge is -2.20. The molecule has 0 aromatic carbocycles. The average Bonchev–Trinajstić information content (AvgIpc) is 3.06. The van der Waals surface area contributed by atoms with Crippen LogP contribution in [0, 0.1) is 5.92 Å². The highest BCUT2D eigenvalue weighted by Crippen LogP contribution is 2.30. The Morgan fingerprint density at radius 3 is 2.81 bits per heavy atom. The lowest BCUT2D eigenvalue weighted by molar-refractivity contribution is 0.252. The maximum absolute atomic E-state index is 5.63. The van der Waals surface area contributed by atoms with Crippen molar-refractivity contribution in [2.45, 2.75) is 32.7 Å². The van der Waals surface area contributed by atoms with Gasteiger partial charge in [-0.3, -0.25) is 9.88 Å². The van der Waals surface area contributed by atoms with Crippen LogP contribution in [-0.4, -0.2) is 23.0 Å². The summed E-state index contributed by atoms with van der Waals surface area (Å²) in [5, 5.41) is 0. The molecule has 0 saturated heterocycles. The van der Waals surface area contributed by atoms with Gasteiger partial charge in [-0.1, -0.05) is 6.92 Å². The van der Waals surface area contributed by atoms with Gasteiger partial charge in [0, 0.05) is 13.1 Å². The lowest BCUT2D eigenvalue weighted by Crippen LogP contribution is -2.26. The monoisotopic (exact) mass is 219 g/mol. The minimum atomic E-state index is 0.744. The Kier molecular flexibility index (Phi) is 3.78. The molecule has 3 heteroatoms. The van der Waals surface area contributed by atoms with Gasteiger partial charge >= 0.3 is 0 Å². The summed E-state index contributed by atoms with van der Waals surface area (Å²) in [4.78, 5) is 6.87. The van der Waals surface area contributed by atoms with Gasteiger partial charge in [0.2, 0.25) is 0 Å². The highest BCUT2D eigenvalue weighted by Gasteiger charge is 2.23. The smallest absolute Gasteiger partial charge is 0.0545 e. The summed E-state index contributed by atoms with van der Waals surface area (Å²) in [6.45, 7) is 5.60. The fourth-order valence-electron chi connectivity index (χ4n) is 1.98. The van der Waals surface area contributed by atoms with Crippen LogP contribution in [0.3, 0.4) is 0 Å². The van der Waals surface area contributed by atoms with Crippen LogP contribution in [0.25, 0.3) is 0 Å². The van der Waals surface area contributed by atoms with Crippen LogP contribution in [0.5, 0.6) is 0 Å². The quantitative estimate of drug-likeness (QED) is 0.798. The van der Waals surface area contributed by atoms with Gasteiger partial charge in [-0.05, 0) is 43.9 Å². The van der Waals surface area contributed by atoms with Crippen molar-refractivity contribution in [2.75, 3.05) is 18.8 Å². The summed E-state index contributed by atoms with van der Waals surface area (Å²) in [5.74, 6) is 0.945. The second-order valence-electron chi connectivity index (χ2n) is 4.76. The van der Waals surface area contributed by atoms with Crippen molar-refractivity contribution < 1.29 is 0 Å². The summed E-state index contributed by atoms with van der Waals surface area (Å²) >= 11 is 0. The predicted octanol–water partition coefficient (Wildman–Crippen LogP) is 2.29. The predicted molar refractivity (Wildman–Crippen MR) is 66.9 cm³/mol. The molecule has 0 unspecified atom stereocenters. The zero-order chi connectivity index (χ0) is 11.4. The summed E-state index contributed by atoms with van der Waals surface area (Å²) in [6.07, 6.45) is 5.78. The highest BCUT2D eigenvalue weighted by molar-refractivity contribution is 5.34. The number of rotatable bonds is 6. The molecule has 1 saturated carbocycles. The first-order valence-corrected chi connectivity index (χ1v) is 6.20. The number of nitrogens with two attached hydrogens (primary N) is 1. The number of pyridine rings is 1. The van der Waals surface area contributed by atoms with Gasteiger partial charge in [0.25, 0.3) is 0 Å². The van der Waals surface area contributed by atoms with E-state index in [1.165, 1.54) is 32.4 Å². The minimum absolute atomic E-state index is 0.744. The SMILES string of the molecule is CCCN(Cc1ccc(N)cn1)CC1CC1. The Hall–Kier alpha value is -1.09. The molecule has 0 bridgehead atoms. The van der Waals surface area contributed by atoms with Crippen molar-refractivity contribution in [2.24, 2.45) is 5.92 Å². The van der Waals surface area contributed by atoms with Gasteiger partial charge < -0.3 is 5.73 Å². The molecule has 1 aliphatic carbocycles.